The molecule has 7 heteroatoms. The lowest BCUT2D eigenvalue weighted by molar-refractivity contribution is 0.414. The summed E-state index contributed by atoms with van der Waals surface area (Å²) in [5, 5.41) is 3.55. The highest BCUT2D eigenvalue weighted by molar-refractivity contribution is 14.0. The van der Waals surface area contributed by atoms with Gasteiger partial charge in [-0.2, -0.15) is 0 Å². The Morgan fingerprint density at radius 2 is 2.07 bits per heavy atom. The number of anilines is 1. The van der Waals surface area contributed by atoms with Gasteiger partial charge >= 0.3 is 0 Å². The molecule has 0 saturated carbocycles. The third kappa shape index (κ3) is 5.33. The highest BCUT2D eigenvalue weighted by atomic mass is 127. The zero-order valence-electron chi connectivity index (χ0n) is 17.3. The second-order valence-corrected chi connectivity index (χ2v) is 7.17. The van der Waals surface area contributed by atoms with Gasteiger partial charge in [-0.25, -0.2) is 0 Å². The van der Waals surface area contributed by atoms with Crippen molar-refractivity contribution in [3.05, 3.63) is 48.3 Å². The van der Waals surface area contributed by atoms with E-state index < -0.39 is 0 Å². The molecule has 1 fully saturated rings. The van der Waals surface area contributed by atoms with E-state index in [1.54, 1.807) is 7.11 Å². The summed E-state index contributed by atoms with van der Waals surface area (Å²) in [6, 6.07) is 12.5. The lowest BCUT2D eigenvalue weighted by Crippen LogP contribution is -2.41. The lowest BCUT2D eigenvalue weighted by Gasteiger charge is -2.24. The maximum Gasteiger partial charge on any atom is 0.193 e. The van der Waals surface area contributed by atoms with Gasteiger partial charge in [-0.1, -0.05) is 12.1 Å². The van der Waals surface area contributed by atoms with Crippen LogP contribution in [0.4, 0.5) is 5.69 Å². The number of hydrogen-bond acceptors (Lipinski definition) is 3. The van der Waals surface area contributed by atoms with E-state index in [4.69, 9.17) is 4.74 Å². The average molecular weight is 497 g/mol. The first kappa shape index (κ1) is 22.4. The quantitative estimate of drug-likeness (QED) is 0.379. The summed E-state index contributed by atoms with van der Waals surface area (Å²) in [4.78, 5) is 9.04. The van der Waals surface area contributed by atoms with Gasteiger partial charge in [-0.15, -0.1) is 24.0 Å². The molecule has 2 heterocycles. The molecule has 0 aliphatic carbocycles. The highest BCUT2D eigenvalue weighted by Crippen LogP contribution is 2.31. The zero-order valence-corrected chi connectivity index (χ0v) is 19.6. The topological polar surface area (TPSA) is 45.0 Å². The molecule has 1 aromatic carbocycles. The Kier molecular flexibility index (Phi) is 8.47. The Bertz CT molecular complexity index is 776. The summed E-state index contributed by atoms with van der Waals surface area (Å²) < 4.78 is 7.66. The molecule has 1 atom stereocenters. The van der Waals surface area contributed by atoms with E-state index in [2.05, 4.69) is 69.2 Å². The second-order valence-electron chi connectivity index (χ2n) is 7.17. The number of rotatable bonds is 6. The second kappa shape index (κ2) is 10.6. The Morgan fingerprint density at radius 1 is 1.29 bits per heavy atom. The van der Waals surface area contributed by atoms with Crippen molar-refractivity contribution in [3.63, 3.8) is 0 Å². The number of guanidine groups is 1. The number of benzene rings is 1. The molecule has 0 bridgehead atoms. The van der Waals surface area contributed by atoms with Crippen molar-refractivity contribution in [1.82, 2.24) is 14.8 Å². The fourth-order valence-electron chi connectivity index (χ4n) is 3.71. The van der Waals surface area contributed by atoms with E-state index in [-0.39, 0.29) is 24.0 Å². The number of aromatic nitrogens is 1. The summed E-state index contributed by atoms with van der Waals surface area (Å²) in [7, 11) is 7.74. The molecule has 1 unspecified atom stereocenters. The molecule has 3 rings (SSSR count). The minimum absolute atomic E-state index is 0. The summed E-state index contributed by atoms with van der Waals surface area (Å²) in [6.07, 6.45) is 3.24. The molecule has 1 aromatic heterocycles. The van der Waals surface area contributed by atoms with E-state index >= 15 is 0 Å². The Labute approximate surface area is 185 Å². The summed E-state index contributed by atoms with van der Waals surface area (Å²) in [5.74, 6) is 2.48. The Hall–Kier alpha value is -1.90. The average Bonchev–Trinajstić information content (AvgIpc) is 3.31. The van der Waals surface area contributed by atoms with Gasteiger partial charge in [0.05, 0.1) is 19.3 Å². The third-order valence-electron chi connectivity index (χ3n) is 5.28. The van der Waals surface area contributed by atoms with Gasteiger partial charge in [0.1, 0.15) is 5.75 Å². The molecule has 6 nitrogen and oxygen atoms in total. The maximum absolute atomic E-state index is 5.51. The molecular weight excluding hydrogens is 465 g/mol. The van der Waals surface area contributed by atoms with E-state index in [0.717, 1.165) is 37.9 Å². The van der Waals surface area contributed by atoms with Crippen molar-refractivity contribution >= 4 is 35.6 Å². The van der Waals surface area contributed by atoms with Crippen LogP contribution in [0.1, 0.15) is 12.1 Å². The van der Waals surface area contributed by atoms with Crippen LogP contribution in [0.5, 0.6) is 5.75 Å². The fourth-order valence-corrected chi connectivity index (χ4v) is 3.71. The molecule has 28 heavy (non-hydrogen) atoms. The number of nitrogens with zero attached hydrogens (tertiary/aromatic N) is 4. The summed E-state index contributed by atoms with van der Waals surface area (Å²) >= 11 is 0. The number of aliphatic imine (C=N–C) groups is 1. The minimum atomic E-state index is 0. The molecule has 1 aliphatic heterocycles. The molecule has 1 N–H and O–H groups in total. The number of para-hydroxylation sites is 2. The molecule has 1 saturated heterocycles. The van der Waals surface area contributed by atoms with Gasteiger partial charge in [0.15, 0.2) is 5.96 Å². The highest BCUT2D eigenvalue weighted by Gasteiger charge is 2.25. The standard InChI is InChI=1S/C21H31N5O.HI/c1-22-21(25(3)16-18-8-7-12-24(18)2)23-14-17-11-13-26(15-17)19-9-5-6-10-20(19)27-4;/h5-10,12,17H,11,13-16H2,1-4H3,(H,22,23);1H. The molecule has 2 aromatic rings. The van der Waals surface area contributed by atoms with Crippen LogP contribution in [0.3, 0.4) is 0 Å². The largest absolute Gasteiger partial charge is 0.495 e. The van der Waals surface area contributed by atoms with Gasteiger partial charge < -0.3 is 24.4 Å². The van der Waals surface area contributed by atoms with Crippen LogP contribution in [-0.4, -0.2) is 56.3 Å². The predicted molar refractivity (Wildman–Crippen MR) is 127 cm³/mol. The van der Waals surface area contributed by atoms with Crippen LogP contribution in [-0.2, 0) is 13.6 Å². The molecule has 0 amide bonds. The van der Waals surface area contributed by atoms with Crippen LogP contribution >= 0.6 is 24.0 Å². The van der Waals surface area contributed by atoms with E-state index in [0.29, 0.717) is 5.92 Å². The maximum atomic E-state index is 5.51. The predicted octanol–water partition coefficient (Wildman–Crippen LogP) is 3.19. The number of halogens is 1. The van der Waals surface area contributed by atoms with Gasteiger partial charge in [0.2, 0.25) is 0 Å². The molecule has 1 aliphatic rings. The van der Waals surface area contributed by atoms with Crippen LogP contribution < -0.4 is 15.0 Å². The normalized spacial score (nSPS) is 16.6. The van der Waals surface area contributed by atoms with E-state index in [9.17, 15) is 0 Å². The van der Waals surface area contributed by atoms with Crippen LogP contribution in [0, 0.1) is 5.92 Å². The van der Waals surface area contributed by atoms with Gasteiger partial charge in [-0.3, -0.25) is 4.99 Å². The first-order valence-electron chi connectivity index (χ1n) is 9.52. The van der Waals surface area contributed by atoms with Crippen LogP contribution in [0.25, 0.3) is 0 Å². The van der Waals surface area contributed by atoms with Crippen molar-refractivity contribution in [2.24, 2.45) is 18.0 Å². The van der Waals surface area contributed by atoms with Gasteiger partial charge in [-0.05, 0) is 36.6 Å². The van der Waals surface area contributed by atoms with Crippen LogP contribution in [0.2, 0.25) is 0 Å². The number of hydrogen-bond donors (Lipinski definition) is 1. The first-order chi connectivity index (χ1) is 13.1. The van der Waals surface area contributed by atoms with Crippen molar-refractivity contribution in [1.29, 1.82) is 0 Å². The number of ether oxygens (including phenoxy) is 1. The van der Waals surface area contributed by atoms with Crippen molar-refractivity contribution in [2.75, 3.05) is 45.7 Å². The molecule has 0 spiro atoms. The number of aryl methyl sites for hydroxylation is 1. The fraction of sp³-hybridized carbons (Fsp3) is 0.476. The van der Waals surface area contributed by atoms with Gasteiger partial charge in [0.25, 0.3) is 0 Å². The minimum Gasteiger partial charge on any atom is -0.495 e. The van der Waals surface area contributed by atoms with Crippen molar-refractivity contribution < 1.29 is 4.74 Å². The first-order valence-corrected chi connectivity index (χ1v) is 9.52. The van der Waals surface area contributed by atoms with Crippen molar-refractivity contribution in [2.45, 2.75) is 13.0 Å². The molecular formula is C21H32IN5O. The number of methoxy groups -OCH3 is 1. The Balaban J connectivity index is 0.00000280. The van der Waals surface area contributed by atoms with Crippen molar-refractivity contribution in [3.8, 4) is 5.75 Å². The zero-order chi connectivity index (χ0) is 19.2. The lowest BCUT2D eigenvalue weighted by atomic mass is 10.1. The molecule has 154 valence electrons. The third-order valence-corrected chi connectivity index (χ3v) is 5.28. The Morgan fingerprint density at radius 3 is 2.75 bits per heavy atom. The summed E-state index contributed by atoms with van der Waals surface area (Å²) in [5.41, 5.74) is 2.45. The number of nitrogens with one attached hydrogen (secondary N) is 1. The monoisotopic (exact) mass is 497 g/mol. The van der Waals surface area contributed by atoms with E-state index in [1.807, 2.05) is 19.2 Å². The summed E-state index contributed by atoms with van der Waals surface area (Å²) in [6.45, 7) is 3.85. The van der Waals surface area contributed by atoms with E-state index in [1.165, 1.54) is 17.8 Å². The SMILES string of the molecule is CN=C(NCC1CCN(c2ccccc2OC)C1)N(C)Cc1cccn1C.I. The van der Waals surface area contributed by atoms with Crippen LogP contribution in [0.15, 0.2) is 47.6 Å². The van der Waals surface area contributed by atoms with Gasteiger partial charge in [0, 0.05) is 52.7 Å². The smallest absolute Gasteiger partial charge is 0.193 e. The molecule has 0 radical (unpaired) electrons.